The van der Waals surface area contributed by atoms with E-state index in [0.717, 1.165) is 25.3 Å². The second-order valence-corrected chi connectivity index (χ2v) is 5.31. The average Bonchev–Trinajstić information content (AvgIpc) is 2.38. The van der Waals surface area contributed by atoms with E-state index in [-0.39, 0.29) is 6.10 Å². The molecule has 1 aromatic rings. The van der Waals surface area contributed by atoms with E-state index in [0.29, 0.717) is 12.0 Å². The molecule has 1 aromatic carbocycles. The number of benzene rings is 1. The molecule has 1 heterocycles. The van der Waals surface area contributed by atoms with Crippen molar-refractivity contribution in [2.75, 3.05) is 20.2 Å². The molecule has 3 nitrogen and oxygen atoms in total. The Bertz CT molecular complexity index is 379. The molecular formula is C15H23NO2. The minimum absolute atomic E-state index is 0.137. The largest absolute Gasteiger partial charge is 0.497 e. The molecule has 0 bridgehead atoms. The van der Waals surface area contributed by atoms with Crippen LogP contribution in [0.25, 0.3) is 0 Å². The minimum Gasteiger partial charge on any atom is -0.497 e. The van der Waals surface area contributed by atoms with E-state index in [1.54, 1.807) is 7.11 Å². The number of methoxy groups -OCH3 is 1. The van der Waals surface area contributed by atoms with Crippen molar-refractivity contribution < 1.29 is 9.47 Å². The number of ether oxygens (including phenoxy) is 2. The molecule has 2 unspecified atom stereocenters. The quantitative estimate of drug-likeness (QED) is 0.890. The third-order valence-corrected chi connectivity index (χ3v) is 3.26. The number of rotatable bonds is 4. The van der Waals surface area contributed by atoms with Gasteiger partial charge in [-0.25, -0.2) is 0 Å². The maximum Gasteiger partial charge on any atom is 0.119 e. The van der Waals surface area contributed by atoms with Crippen molar-refractivity contribution in [2.24, 2.45) is 5.92 Å². The van der Waals surface area contributed by atoms with Crippen LogP contribution >= 0.6 is 0 Å². The second kappa shape index (κ2) is 6.21. The van der Waals surface area contributed by atoms with E-state index in [4.69, 9.17) is 9.47 Å². The molecule has 1 aliphatic rings. The van der Waals surface area contributed by atoms with Crippen LogP contribution in [0.1, 0.15) is 31.9 Å². The predicted octanol–water partition coefficient (Wildman–Crippen LogP) is 2.77. The van der Waals surface area contributed by atoms with Crippen LogP contribution < -0.4 is 10.1 Å². The SMILES string of the molecule is COc1cccc(C2CNCC(CC(C)C)O2)c1. The molecule has 0 saturated carbocycles. The summed E-state index contributed by atoms with van der Waals surface area (Å²) in [4.78, 5) is 0. The molecule has 1 fully saturated rings. The smallest absolute Gasteiger partial charge is 0.119 e. The Labute approximate surface area is 109 Å². The average molecular weight is 249 g/mol. The molecule has 100 valence electrons. The van der Waals surface area contributed by atoms with Gasteiger partial charge < -0.3 is 14.8 Å². The first-order valence-electron chi connectivity index (χ1n) is 6.69. The van der Waals surface area contributed by atoms with Crippen LogP contribution in [-0.2, 0) is 4.74 Å². The lowest BCUT2D eigenvalue weighted by Crippen LogP contribution is -2.41. The zero-order valence-corrected chi connectivity index (χ0v) is 11.5. The molecule has 1 aliphatic heterocycles. The summed E-state index contributed by atoms with van der Waals surface area (Å²) in [5, 5.41) is 3.46. The molecule has 0 aliphatic carbocycles. The van der Waals surface area contributed by atoms with Crippen molar-refractivity contribution in [1.82, 2.24) is 5.32 Å². The van der Waals surface area contributed by atoms with Gasteiger partial charge in [0, 0.05) is 13.1 Å². The Kier molecular flexibility index (Phi) is 4.61. The molecule has 3 heteroatoms. The molecule has 1 saturated heterocycles. The molecule has 0 amide bonds. The van der Waals surface area contributed by atoms with Gasteiger partial charge in [-0.1, -0.05) is 26.0 Å². The summed E-state index contributed by atoms with van der Waals surface area (Å²) < 4.78 is 11.4. The molecule has 0 radical (unpaired) electrons. The predicted molar refractivity (Wildman–Crippen MR) is 72.9 cm³/mol. The van der Waals surface area contributed by atoms with Gasteiger partial charge in [0.2, 0.25) is 0 Å². The first-order valence-corrected chi connectivity index (χ1v) is 6.69. The van der Waals surface area contributed by atoms with Gasteiger partial charge in [0.15, 0.2) is 0 Å². The summed E-state index contributed by atoms with van der Waals surface area (Å²) in [6.07, 6.45) is 1.56. The van der Waals surface area contributed by atoms with Crippen LogP contribution in [0, 0.1) is 5.92 Å². The molecule has 18 heavy (non-hydrogen) atoms. The summed E-state index contributed by atoms with van der Waals surface area (Å²) in [6.45, 7) is 6.30. The van der Waals surface area contributed by atoms with Gasteiger partial charge in [-0.3, -0.25) is 0 Å². The maximum absolute atomic E-state index is 6.16. The first kappa shape index (κ1) is 13.4. The van der Waals surface area contributed by atoms with Crippen molar-refractivity contribution in [2.45, 2.75) is 32.5 Å². The van der Waals surface area contributed by atoms with Gasteiger partial charge in [-0.2, -0.15) is 0 Å². The zero-order chi connectivity index (χ0) is 13.0. The van der Waals surface area contributed by atoms with E-state index < -0.39 is 0 Å². The topological polar surface area (TPSA) is 30.5 Å². The molecule has 0 aromatic heterocycles. The fourth-order valence-corrected chi connectivity index (χ4v) is 2.41. The van der Waals surface area contributed by atoms with E-state index in [1.165, 1.54) is 5.56 Å². The molecule has 2 rings (SSSR count). The lowest BCUT2D eigenvalue weighted by Gasteiger charge is -2.32. The Balaban J connectivity index is 2.03. The lowest BCUT2D eigenvalue weighted by molar-refractivity contribution is -0.0474. The highest BCUT2D eigenvalue weighted by atomic mass is 16.5. The molecular weight excluding hydrogens is 226 g/mol. The molecule has 0 spiro atoms. The third-order valence-electron chi connectivity index (χ3n) is 3.26. The number of hydrogen-bond donors (Lipinski definition) is 1. The van der Waals surface area contributed by atoms with Crippen molar-refractivity contribution >= 4 is 0 Å². The van der Waals surface area contributed by atoms with Crippen LogP contribution in [-0.4, -0.2) is 26.3 Å². The van der Waals surface area contributed by atoms with Gasteiger partial charge in [0.25, 0.3) is 0 Å². The number of nitrogens with one attached hydrogen (secondary N) is 1. The van der Waals surface area contributed by atoms with Gasteiger partial charge in [0.05, 0.1) is 19.3 Å². The Morgan fingerprint density at radius 1 is 1.39 bits per heavy atom. The van der Waals surface area contributed by atoms with E-state index in [2.05, 4.69) is 31.3 Å². The van der Waals surface area contributed by atoms with Crippen molar-refractivity contribution in [1.29, 1.82) is 0 Å². The van der Waals surface area contributed by atoms with E-state index >= 15 is 0 Å². The summed E-state index contributed by atoms with van der Waals surface area (Å²) in [5.41, 5.74) is 1.19. The minimum atomic E-state index is 0.137. The van der Waals surface area contributed by atoms with Crippen LogP contribution in [0.2, 0.25) is 0 Å². The van der Waals surface area contributed by atoms with Crippen LogP contribution in [0.3, 0.4) is 0 Å². The van der Waals surface area contributed by atoms with Gasteiger partial charge in [0.1, 0.15) is 5.75 Å². The summed E-state index contributed by atoms with van der Waals surface area (Å²) in [6, 6.07) is 8.14. The second-order valence-electron chi connectivity index (χ2n) is 5.31. The normalized spacial score (nSPS) is 24.2. The van der Waals surface area contributed by atoms with Crippen LogP contribution in [0.15, 0.2) is 24.3 Å². The molecule has 1 N–H and O–H groups in total. The van der Waals surface area contributed by atoms with E-state index in [9.17, 15) is 0 Å². The van der Waals surface area contributed by atoms with Gasteiger partial charge >= 0.3 is 0 Å². The Morgan fingerprint density at radius 2 is 2.22 bits per heavy atom. The Hall–Kier alpha value is -1.06. The first-order chi connectivity index (χ1) is 8.69. The summed E-state index contributed by atoms with van der Waals surface area (Å²) in [5.74, 6) is 1.56. The maximum atomic E-state index is 6.16. The van der Waals surface area contributed by atoms with E-state index in [1.807, 2.05) is 12.1 Å². The van der Waals surface area contributed by atoms with Crippen molar-refractivity contribution in [3.8, 4) is 5.75 Å². The van der Waals surface area contributed by atoms with Crippen molar-refractivity contribution in [3.63, 3.8) is 0 Å². The summed E-state index contributed by atoms with van der Waals surface area (Å²) in [7, 11) is 1.70. The zero-order valence-electron chi connectivity index (χ0n) is 11.5. The summed E-state index contributed by atoms with van der Waals surface area (Å²) >= 11 is 0. The third kappa shape index (κ3) is 3.47. The Morgan fingerprint density at radius 3 is 2.94 bits per heavy atom. The van der Waals surface area contributed by atoms with Crippen molar-refractivity contribution in [3.05, 3.63) is 29.8 Å². The van der Waals surface area contributed by atoms with Crippen LogP contribution in [0.4, 0.5) is 0 Å². The fourth-order valence-electron chi connectivity index (χ4n) is 2.41. The highest BCUT2D eigenvalue weighted by Gasteiger charge is 2.24. The highest BCUT2D eigenvalue weighted by molar-refractivity contribution is 5.30. The standard InChI is InChI=1S/C15H23NO2/c1-11(2)7-14-9-16-10-15(18-14)12-5-4-6-13(8-12)17-3/h4-6,8,11,14-16H,7,9-10H2,1-3H3. The lowest BCUT2D eigenvalue weighted by atomic mass is 10.0. The monoisotopic (exact) mass is 249 g/mol. The number of morpholine rings is 1. The fraction of sp³-hybridized carbons (Fsp3) is 0.600. The van der Waals surface area contributed by atoms with Crippen LogP contribution in [0.5, 0.6) is 5.75 Å². The highest BCUT2D eigenvalue weighted by Crippen LogP contribution is 2.26. The van der Waals surface area contributed by atoms with Gasteiger partial charge in [-0.05, 0) is 30.0 Å². The molecule has 2 atom stereocenters. The number of hydrogen-bond acceptors (Lipinski definition) is 3. The van der Waals surface area contributed by atoms with Gasteiger partial charge in [-0.15, -0.1) is 0 Å².